The number of carbonyl (C=O) groups excluding carboxylic acids is 2. The second kappa shape index (κ2) is 11.2. The SMILES string of the molecule is COc1ccc(C2=NN(C(C)=O)C(c3ccc(NC(=O)Nc4ccc(C(C)C)cc4)cc3)C2)cc1OC. The number of carbonyl (C=O) groups is 2. The minimum absolute atomic E-state index is 0.148. The van der Waals surface area contributed by atoms with Gasteiger partial charge >= 0.3 is 6.03 Å². The number of methoxy groups -OCH3 is 2. The van der Waals surface area contributed by atoms with Crippen LogP contribution in [0.15, 0.2) is 71.8 Å². The second-order valence-electron chi connectivity index (χ2n) is 9.18. The molecule has 0 bridgehead atoms. The van der Waals surface area contributed by atoms with Crippen LogP contribution in [0.1, 0.15) is 55.8 Å². The van der Waals surface area contributed by atoms with Crippen molar-refractivity contribution in [3.63, 3.8) is 0 Å². The fourth-order valence-corrected chi connectivity index (χ4v) is 4.28. The fraction of sp³-hybridized carbons (Fsp3) is 0.276. The second-order valence-corrected chi connectivity index (χ2v) is 9.18. The van der Waals surface area contributed by atoms with Gasteiger partial charge in [-0.25, -0.2) is 9.80 Å². The molecule has 3 aromatic carbocycles. The van der Waals surface area contributed by atoms with Crippen LogP contribution in [-0.2, 0) is 4.79 Å². The van der Waals surface area contributed by atoms with E-state index in [1.54, 1.807) is 14.2 Å². The van der Waals surface area contributed by atoms with Crippen LogP contribution in [0.4, 0.5) is 16.2 Å². The smallest absolute Gasteiger partial charge is 0.323 e. The van der Waals surface area contributed by atoms with Gasteiger partial charge in [-0.3, -0.25) is 4.79 Å². The van der Waals surface area contributed by atoms with E-state index in [4.69, 9.17) is 9.47 Å². The maximum atomic E-state index is 12.5. The Balaban J connectivity index is 1.44. The van der Waals surface area contributed by atoms with Gasteiger partial charge in [0.2, 0.25) is 5.91 Å². The minimum Gasteiger partial charge on any atom is -0.493 e. The van der Waals surface area contributed by atoms with Crippen LogP contribution in [-0.4, -0.2) is 36.9 Å². The van der Waals surface area contributed by atoms with Gasteiger partial charge in [-0.15, -0.1) is 0 Å². The Morgan fingerprint density at radius 1 is 0.892 bits per heavy atom. The molecule has 0 radical (unpaired) electrons. The molecular formula is C29H32N4O4. The molecule has 0 spiro atoms. The molecule has 37 heavy (non-hydrogen) atoms. The van der Waals surface area contributed by atoms with Gasteiger partial charge in [-0.2, -0.15) is 5.10 Å². The average molecular weight is 501 g/mol. The van der Waals surface area contributed by atoms with Gasteiger partial charge in [-0.05, 0) is 59.5 Å². The number of urea groups is 1. The van der Waals surface area contributed by atoms with Gasteiger partial charge in [0, 0.05) is 30.3 Å². The highest BCUT2D eigenvalue weighted by molar-refractivity contribution is 6.03. The van der Waals surface area contributed by atoms with Crippen LogP contribution in [0, 0.1) is 0 Å². The number of ether oxygens (including phenoxy) is 2. The lowest BCUT2D eigenvalue weighted by molar-refractivity contribution is -0.130. The van der Waals surface area contributed by atoms with E-state index in [1.165, 1.54) is 17.5 Å². The molecule has 1 heterocycles. The molecule has 0 aliphatic carbocycles. The number of amides is 3. The summed E-state index contributed by atoms with van der Waals surface area (Å²) in [4.78, 5) is 24.9. The first-order valence-electron chi connectivity index (χ1n) is 12.2. The van der Waals surface area contributed by atoms with E-state index >= 15 is 0 Å². The molecule has 0 fully saturated rings. The van der Waals surface area contributed by atoms with Gasteiger partial charge in [0.15, 0.2) is 11.5 Å². The van der Waals surface area contributed by atoms with Crippen molar-refractivity contribution in [2.75, 3.05) is 24.9 Å². The van der Waals surface area contributed by atoms with Crippen molar-refractivity contribution in [3.05, 3.63) is 83.4 Å². The quantitative estimate of drug-likeness (QED) is 0.406. The summed E-state index contributed by atoms with van der Waals surface area (Å²) < 4.78 is 10.7. The van der Waals surface area contributed by atoms with E-state index in [0.29, 0.717) is 29.5 Å². The van der Waals surface area contributed by atoms with Crippen molar-refractivity contribution in [1.29, 1.82) is 0 Å². The molecule has 3 amide bonds. The van der Waals surface area contributed by atoms with E-state index in [-0.39, 0.29) is 18.0 Å². The molecule has 8 heteroatoms. The molecule has 1 aliphatic rings. The molecule has 0 aromatic heterocycles. The Kier molecular flexibility index (Phi) is 7.77. The highest BCUT2D eigenvalue weighted by Crippen LogP contribution is 2.35. The molecule has 4 rings (SSSR count). The zero-order valence-electron chi connectivity index (χ0n) is 21.7. The monoisotopic (exact) mass is 500 g/mol. The lowest BCUT2D eigenvalue weighted by atomic mass is 9.98. The molecule has 1 unspecified atom stereocenters. The lowest BCUT2D eigenvalue weighted by Crippen LogP contribution is -2.24. The third-order valence-electron chi connectivity index (χ3n) is 6.34. The van der Waals surface area contributed by atoms with Crippen molar-refractivity contribution < 1.29 is 19.1 Å². The van der Waals surface area contributed by atoms with Crippen LogP contribution < -0.4 is 20.1 Å². The number of hydrogen-bond donors (Lipinski definition) is 2. The molecule has 3 aromatic rings. The van der Waals surface area contributed by atoms with Crippen LogP contribution in [0.25, 0.3) is 0 Å². The standard InChI is InChI=1S/C29H32N4O4/c1-18(2)20-6-11-23(12-7-20)30-29(35)31-24-13-8-21(9-14-24)26-17-25(32-33(26)19(3)34)22-10-15-27(36-4)28(16-22)37-5/h6-16,18,26H,17H2,1-5H3,(H2,30,31,35). The van der Waals surface area contributed by atoms with Crippen LogP contribution in [0.2, 0.25) is 0 Å². The zero-order chi connectivity index (χ0) is 26.5. The maximum Gasteiger partial charge on any atom is 0.323 e. The lowest BCUT2D eigenvalue weighted by Gasteiger charge is -2.20. The Morgan fingerprint density at radius 2 is 1.49 bits per heavy atom. The first-order valence-corrected chi connectivity index (χ1v) is 12.2. The highest BCUT2D eigenvalue weighted by Gasteiger charge is 2.31. The summed E-state index contributed by atoms with van der Waals surface area (Å²) >= 11 is 0. The molecule has 0 saturated carbocycles. The third-order valence-corrected chi connectivity index (χ3v) is 6.34. The Labute approximate surface area is 217 Å². The van der Waals surface area contributed by atoms with E-state index in [1.807, 2.05) is 66.7 Å². The summed E-state index contributed by atoms with van der Waals surface area (Å²) in [5.41, 5.74) is 5.15. The van der Waals surface area contributed by atoms with E-state index in [2.05, 4.69) is 29.6 Å². The van der Waals surface area contributed by atoms with Gasteiger partial charge in [0.25, 0.3) is 0 Å². The van der Waals surface area contributed by atoms with E-state index in [0.717, 1.165) is 22.5 Å². The van der Waals surface area contributed by atoms with Crippen molar-refractivity contribution in [2.45, 2.75) is 39.2 Å². The van der Waals surface area contributed by atoms with Crippen molar-refractivity contribution in [3.8, 4) is 11.5 Å². The van der Waals surface area contributed by atoms with Gasteiger partial charge in [0.05, 0.1) is 26.0 Å². The Hall–Kier alpha value is -4.33. The summed E-state index contributed by atoms with van der Waals surface area (Å²) in [5.74, 6) is 1.51. The van der Waals surface area contributed by atoms with Gasteiger partial charge in [0.1, 0.15) is 0 Å². The normalized spacial score (nSPS) is 14.8. The average Bonchev–Trinajstić information content (AvgIpc) is 3.35. The van der Waals surface area contributed by atoms with E-state index in [9.17, 15) is 9.59 Å². The van der Waals surface area contributed by atoms with Crippen molar-refractivity contribution in [1.82, 2.24) is 5.01 Å². The number of nitrogens with one attached hydrogen (secondary N) is 2. The summed E-state index contributed by atoms with van der Waals surface area (Å²) in [6.07, 6.45) is 0.550. The molecule has 2 N–H and O–H groups in total. The predicted octanol–water partition coefficient (Wildman–Crippen LogP) is 6.17. The topological polar surface area (TPSA) is 92.3 Å². The van der Waals surface area contributed by atoms with Crippen molar-refractivity contribution >= 4 is 29.0 Å². The van der Waals surface area contributed by atoms with Gasteiger partial charge in [-0.1, -0.05) is 38.1 Å². The Bertz CT molecular complexity index is 1300. The first kappa shape index (κ1) is 25.8. The largest absolute Gasteiger partial charge is 0.493 e. The Morgan fingerprint density at radius 3 is 2.03 bits per heavy atom. The molecule has 1 atom stereocenters. The minimum atomic E-state index is -0.324. The van der Waals surface area contributed by atoms with Crippen LogP contribution in [0.3, 0.4) is 0 Å². The number of rotatable bonds is 7. The van der Waals surface area contributed by atoms with Crippen LogP contribution >= 0.6 is 0 Å². The summed E-state index contributed by atoms with van der Waals surface area (Å²) in [7, 11) is 3.17. The van der Waals surface area contributed by atoms with E-state index < -0.39 is 0 Å². The van der Waals surface area contributed by atoms with Gasteiger partial charge < -0.3 is 20.1 Å². The third kappa shape index (κ3) is 5.91. The molecule has 0 saturated heterocycles. The number of hydrazone groups is 1. The molecule has 8 nitrogen and oxygen atoms in total. The molecule has 1 aliphatic heterocycles. The maximum absolute atomic E-state index is 12.5. The first-order chi connectivity index (χ1) is 17.8. The number of hydrogen-bond acceptors (Lipinski definition) is 5. The molecule has 192 valence electrons. The number of benzene rings is 3. The zero-order valence-corrected chi connectivity index (χ0v) is 21.7. The summed E-state index contributed by atoms with van der Waals surface area (Å²) in [5, 5.41) is 11.8. The summed E-state index contributed by atoms with van der Waals surface area (Å²) in [6.45, 7) is 5.76. The summed E-state index contributed by atoms with van der Waals surface area (Å²) in [6, 6.07) is 20.3. The van der Waals surface area contributed by atoms with Crippen molar-refractivity contribution in [2.24, 2.45) is 5.10 Å². The number of anilines is 2. The van der Waals surface area contributed by atoms with Crippen LogP contribution in [0.5, 0.6) is 11.5 Å². The fourth-order valence-electron chi connectivity index (χ4n) is 4.28. The molecular weight excluding hydrogens is 468 g/mol. The highest BCUT2D eigenvalue weighted by atomic mass is 16.5. The predicted molar refractivity (Wildman–Crippen MR) is 146 cm³/mol. The number of nitrogens with zero attached hydrogens (tertiary/aromatic N) is 2.